The van der Waals surface area contributed by atoms with Gasteiger partial charge >= 0.3 is 6.03 Å². The summed E-state index contributed by atoms with van der Waals surface area (Å²) in [6, 6.07) is 12.5. The van der Waals surface area contributed by atoms with E-state index < -0.39 is 0 Å². The number of carbonyl (C=O) groups excluding carboxylic acids is 1. The van der Waals surface area contributed by atoms with Gasteiger partial charge in [0.05, 0.1) is 19.3 Å². The van der Waals surface area contributed by atoms with Crippen molar-refractivity contribution in [3.8, 4) is 11.1 Å². The number of benzene rings is 1. The smallest absolute Gasteiger partial charge is 0.318 e. The van der Waals surface area contributed by atoms with Crippen molar-refractivity contribution in [3.63, 3.8) is 0 Å². The monoisotopic (exact) mass is 337 g/mol. The van der Waals surface area contributed by atoms with Crippen LogP contribution in [0.3, 0.4) is 0 Å². The summed E-state index contributed by atoms with van der Waals surface area (Å²) in [6.07, 6.45) is 6.06. The first-order chi connectivity index (χ1) is 12.3. The summed E-state index contributed by atoms with van der Waals surface area (Å²) in [5.41, 5.74) is 3.32. The average molecular weight is 337 g/mol. The minimum Gasteiger partial charge on any atom is -0.377 e. The highest BCUT2D eigenvalue weighted by Gasteiger charge is 2.39. The van der Waals surface area contributed by atoms with Crippen molar-refractivity contribution in [1.29, 1.82) is 0 Å². The topological polar surface area (TPSA) is 54.5 Å². The van der Waals surface area contributed by atoms with Gasteiger partial charge in [-0.05, 0) is 41.5 Å². The van der Waals surface area contributed by atoms with Crippen LogP contribution in [-0.4, -0.2) is 41.7 Å². The van der Waals surface area contributed by atoms with E-state index in [1.165, 1.54) is 12.8 Å². The molecule has 1 aromatic heterocycles. The zero-order valence-electron chi connectivity index (χ0n) is 14.2. The zero-order chi connectivity index (χ0) is 17.1. The standard InChI is InChI=1S/C20H23N3O2/c24-20(23-10-11-25-14-19(23)17-7-8-17)22-12-15-3-5-16(6-4-15)18-2-1-9-21-13-18/h1-6,9,13,17,19H,7-8,10-12,14H2,(H,22,24). The van der Waals surface area contributed by atoms with Crippen molar-refractivity contribution in [2.24, 2.45) is 5.92 Å². The molecule has 1 aliphatic heterocycles. The van der Waals surface area contributed by atoms with Gasteiger partial charge in [0, 0.05) is 25.5 Å². The molecular formula is C20H23N3O2. The molecule has 5 heteroatoms. The summed E-state index contributed by atoms with van der Waals surface area (Å²) in [5, 5.41) is 3.06. The first-order valence-electron chi connectivity index (χ1n) is 8.93. The number of urea groups is 1. The molecular weight excluding hydrogens is 314 g/mol. The Bertz CT molecular complexity index is 713. The number of amides is 2. The van der Waals surface area contributed by atoms with E-state index in [9.17, 15) is 4.79 Å². The quantitative estimate of drug-likeness (QED) is 0.933. The van der Waals surface area contributed by atoms with Gasteiger partial charge in [-0.25, -0.2) is 4.79 Å². The number of pyridine rings is 1. The molecule has 2 fully saturated rings. The number of rotatable bonds is 4. The summed E-state index contributed by atoms with van der Waals surface area (Å²) in [5.74, 6) is 0.629. The number of morpholine rings is 1. The fourth-order valence-corrected chi connectivity index (χ4v) is 3.37. The lowest BCUT2D eigenvalue weighted by Crippen LogP contribution is -2.53. The van der Waals surface area contributed by atoms with Crippen LogP contribution in [0.25, 0.3) is 11.1 Å². The van der Waals surface area contributed by atoms with Crippen molar-refractivity contribution in [1.82, 2.24) is 15.2 Å². The Morgan fingerprint density at radius 3 is 2.76 bits per heavy atom. The molecule has 130 valence electrons. The average Bonchev–Trinajstić information content (AvgIpc) is 3.52. The molecule has 2 heterocycles. The molecule has 4 rings (SSSR count). The molecule has 2 amide bonds. The van der Waals surface area contributed by atoms with Crippen LogP contribution in [0.1, 0.15) is 18.4 Å². The first-order valence-corrected chi connectivity index (χ1v) is 8.93. The largest absolute Gasteiger partial charge is 0.377 e. The van der Waals surface area contributed by atoms with Gasteiger partial charge < -0.3 is 15.0 Å². The third-order valence-electron chi connectivity index (χ3n) is 4.99. The fourth-order valence-electron chi connectivity index (χ4n) is 3.37. The van der Waals surface area contributed by atoms with Gasteiger partial charge in [-0.1, -0.05) is 30.3 Å². The lowest BCUT2D eigenvalue weighted by atomic mass is 10.1. The van der Waals surface area contributed by atoms with E-state index in [4.69, 9.17) is 4.74 Å². The van der Waals surface area contributed by atoms with Gasteiger partial charge in [0.1, 0.15) is 0 Å². The second-order valence-corrected chi connectivity index (χ2v) is 6.77. The van der Waals surface area contributed by atoms with Crippen LogP contribution >= 0.6 is 0 Å². The number of ether oxygens (including phenoxy) is 1. The summed E-state index contributed by atoms with van der Waals surface area (Å²) < 4.78 is 5.56. The molecule has 1 unspecified atom stereocenters. The molecule has 1 aliphatic carbocycles. The van der Waals surface area contributed by atoms with Gasteiger partial charge in [0.2, 0.25) is 0 Å². The minimum atomic E-state index is 0.0246. The molecule has 0 bridgehead atoms. The maximum atomic E-state index is 12.6. The number of hydrogen-bond donors (Lipinski definition) is 1. The number of hydrogen-bond acceptors (Lipinski definition) is 3. The molecule has 1 saturated carbocycles. The van der Waals surface area contributed by atoms with Crippen LogP contribution in [0.5, 0.6) is 0 Å². The Kier molecular flexibility index (Phi) is 4.65. The van der Waals surface area contributed by atoms with Gasteiger partial charge in [-0.2, -0.15) is 0 Å². The van der Waals surface area contributed by atoms with Gasteiger partial charge in [0.15, 0.2) is 0 Å². The van der Waals surface area contributed by atoms with Crippen molar-refractivity contribution < 1.29 is 9.53 Å². The van der Waals surface area contributed by atoms with Crippen molar-refractivity contribution in [2.75, 3.05) is 19.8 Å². The van der Waals surface area contributed by atoms with Crippen LogP contribution in [0.15, 0.2) is 48.8 Å². The Hall–Kier alpha value is -2.40. The molecule has 5 nitrogen and oxygen atoms in total. The molecule has 2 aromatic rings. The highest BCUT2D eigenvalue weighted by Crippen LogP contribution is 2.36. The predicted octanol–water partition coefficient (Wildman–Crippen LogP) is 3.07. The Balaban J connectivity index is 1.35. The fraction of sp³-hybridized carbons (Fsp3) is 0.400. The van der Waals surface area contributed by atoms with E-state index in [1.54, 1.807) is 6.20 Å². The number of carbonyl (C=O) groups is 1. The van der Waals surface area contributed by atoms with E-state index in [0.717, 1.165) is 16.7 Å². The van der Waals surface area contributed by atoms with E-state index in [1.807, 2.05) is 23.2 Å². The molecule has 1 N–H and O–H groups in total. The third-order valence-corrected chi connectivity index (χ3v) is 4.99. The van der Waals surface area contributed by atoms with Crippen molar-refractivity contribution in [3.05, 3.63) is 54.4 Å². The second-order valence-electron chi connectivity index (χ2n) is 6.77. The van der Waals surface area contributed by atoms with E-state index in [-0.39, 0.29) is 12.1 Å². The van der Waals surface area contributed by atoms with Crippen LogP contribution in [-0.2, 0) is 11.3 Å². The van der Waals surface area contributed by atoms with Crippen LogP contribution in [0, 0.1) is 5.92 Å². The first kappa shape index (κ1) is 16.1. The minimum absolute atomic E-state index is 0.0246. The van der Waals surface area contributed by atoms with E-state index in [2.05, 4.69) is 34.6 Å². The second kappa shape index (κ2) is 7.23. The SMILES string of the molecule is O=C(NCc1ccc(-c2cccnc2)cc1)N1CCOCC1C1CC1. The Morgan fingerprint density at radius 1 is 1.20 bits per heavy atom. The normalized spacial score (nSPS) is 20.3. The molecule has 1 aromatic carbocycles. The number of nitrogens with one attached hydrogen (secondary N) is 1. The van der Waals surface area contributed by atoms with Crippen molar-refractivity contribution >= 4 is 6.03 Å². The lowest BCUT2D eigenvalue weighted by molar-refractivity contribution is 0.00463. The Morgan fingerprint density at radius 2 is 2.04 bits per heavy atom. The highest BCUT2D eigenvalue weighted by atomic mass is 16.5. The summed E-state index contributed by atoms with van der Waals surface area (Å²) in [4.78, 5) is 18.7. The van der Waals surface area contributed by atoms with Gasteiger partial charge in [0.25, 0.3) is 0 Å². The lowest BCUT2D eigenvalue weighted by Gasteiger charge is -2.35. The molecule has 2 aliphatic rings. The molecule has 1 atom stereocenters. The van der Waals surface area contributed by atoms with Crippen LogP contribution in [0.2, 0.25) is 0 Å². The number of aromatic nitrogens is 1. The van der Waals surface area contributed by atoms with E-state index in [0.29, 0.717) is 32.2 Å². The van der Waals surface area contributed by atoms with Gasteiger partial charge in [-0.3, -0.25) is 4.98 Å². The van der Waals surface area contributed by atoms with Gasteiger partial charge in [-0.15, -0.1) is 0 Å². The summed E-state index contributed by atoms with van der Waals surface area (Å²) in [7, 11) is 0. The summed E-state index contributed by atoms with van der Waals surface area (Å²) >= 11 is 0. The van der Waals surface area contributed by atoms with E-state index >= 15 is 0 Å². The summed E-state index contributed by atoms with van der Waals surface area (Å²) in [6.45, 7) is 2.54. The maximum absolute atomic E-state index is 12.6. The molecule has 1 saturated heterocycles. The highest BCUT2D eigenvalue weighted by molar-refractivity contribution is 5.75. The Labute approximate surface area is 148 Å². The zero-order valence-corrected chi connectivity index (χ0v) is 14.2. The van der Waals surface area contributed by atoms with Crippen molar-refractivity contribution in [2.45, 2.75) is 25.4 Å². The van der Waals surface area contributed by atoms with Crippen LogP contribution < -0.4 is 5.32 Å². The number of nitrogens with zero attached hydrogens (tertiary/aromatic N) is 2. The molecule has 0 radical (unpaired) electrons. The molecule has 25 heavy (non-hydrogen) atoms. The van der Waals surface area contributed by atoms with Crippen LogP contribution in [0.4, 0.5) is 4.79 Å². The maximum Gasteiger partial charge on any atom is 0.318 e. The third kappa shape index (κ3) is 3.82. The molecule has 0 spiro atoms. The predicted molar refractivity (Wildman–Crippen MR) is 95.9 cm³/mol.